The van der Waals surface area contributed by atoms with E-state index in [1.807, 2.05) is 11.6 Å². The molecular formula is C18H29N5O2. The van der Waals surface area contributed by atoms with E-state index in [9.17, 15) is 9.59 Å². The van der Waals surface area contributed by atoms with E-state index in [2.05, 4.69) is 33.6 Å². The summed E-state index contributed by atoms with van der Waals surface area (Å²) in [5.74, 6) is -0.103. The Bertz CT molecular complexity index is 627. The van der Waals surface area contributed by atoms with E-state index < -0.39 is 0 Å². The minimum absolute atomic E-state index is 0.0496. The van der Waals surface area contributed by atoms with Crippen LogP contribution >= 0.6 is 0 Å². The molecule has 0 saturated carbocycles. The van der Waals surface area contributed by atoms with Crippen molar-refractivity contribution in [3.05, 3.63) is 17.5 Å². The van der Waals surface area contributed by atoms with Gasteiger partial charge >= 0.3 is 0 Å². The summed E-state index contributed by atoms with van der Waals surface area (Å²) in [4.78, 5) is 26.6. The fraction of sp³-hybridized carbons (Fsp3) is 0.722. The Morgan fingerprint density at radius 2 is 2.16 bits per heavy atom. The highest BCUT2D eigenvalue weighted by atomic mass is 16.2. The number of aryl methyl sites for hydroxylation is 2. The summed E-state index contributed by atoms with van der Waals surface area (Å²) in [6.07, 6.45) is 4.85. The molecule has 7 nitrogen and oxygen atoms in total. The second-order valence-electron chi connectivity index (χ2n) is 7.28. The van der Waals surface area contributed by atoms with Crippen LogP contribution in [0.15, 0.2) is 6.07 Å². The van der Waals surface area contributed by atoms with Gasteiger partial charge in [0.1, 0.15) is 6.04 Å². The number of likely N-dealkylation sites (tertiary alicyclic amines) is 1. The van der Waals surface area contributed by atoms with Gasteiger partial charge in [-0.25, -0.2) is 0 Å². The second-order valence-corrected chi connectivity index (χ2v) is 7.28. The zero-order valence-electron chi connectivity index (χ0n) is 15.3. The maximum Gasteiger partial charge on any atom is 0.242 e. The third-order valence-corrected chi connectivity index (χ3v) is 5.20. The minimum atomic E-state index is -0.382. The summed E-state index contributed by atoms with van der Waals surface area (Å²) in [6, 6.07) is 2.02. The molecule has 7 heteroatoms. The number of hydrogen-bond acceptors (Lipinski definition) is 4. The monoisotopic (exact) mass is 347 g/mol. The van der Waals surface area contributed by atoms with Gasteiger partial charge in [0.2, 0.25) is 11.8 Å². The highest BCUT2D eigenvalue weighted by Crippen LogP contribution is 2.19. The SMILES string of the molecule is Cc1cc(C)n(C[C@@H]2CCCN2CC(=O)N[C@@H]2CCCCNC2=O)n1. The van der Waals surface area contributed by atoms with E-state index in [1.165, 1.54) is 0 Å². The molecule has 0 unspecified atom stereocenters. The number of carbonyl (C=O) groups is 2. The molecule has 2 atom stereocenters. The Morgan fingerprint density at radius 1 is 1.32 bits per heavy atom. The molecule has 2 amide bonds. The van der Waals surface area contributed by atoms with Crippen LogP contribution in [0.4, 0.5) is 0 Å². The van der Waals surface area contributed by atoms with Crippen molar-refractivity contribution >= 4 is 11.8 Å². The predicted molar refractivity (Wildman–Crippen MR) is 95.1 cm³/mol. The van der Waals surface area contributed by atoms with Gasteiger partial charge in [-0.3, -0.25) is 19.2 Å². The molecule has 1 aromatic rings. The lowest BCUT2D eigenvalue weighted by atomic mass is 10.1. The van der Waals surface area contributed by atoms with Gasteiger partial charge in [-0.2, -0.15) is 5.10 Å². The molecule has 0 radical (unpaired) electrons. The molecule has 1 aromatic heterocycles. The number of hydrogen-bond donors (Lipinski definition) is 2. The van der Waals surface area contributed by atoms with Crippen molar-refractivity contribution in [2.45, 2.75) is 64.6 Å². The molecule has 3 heterocycles. The molecule has 3 rings (SSSR count). The number of nitrogens with one attached hydrogen (secondary N) is 2. The maximum atomic E-state index is 12.4. The highest BCUT2D eigenvalue weighted by Gasteiger charge is 2.29. The minimum Gasteiger partial charge on any atom is -0.354 e. The third-order valence-electron chi connectivity index (χ3n) is 5.20. The first-order valence-corrected chi connectivity index (χ1v) is 9.35. The standard InChI is InChI=1S/C18H29N5O2/c1-13-10-14(2)23(21-13)11-15-6-5-9-22(15)12-17(24)20-16-7-3-4-8-19-18(16)25/h10,15-16H,3-9,11-12H2,1-2H3,(H,19,25)(H,20,24)/t15-,16+/m0/s1. The van der Waals surface area contributed by atoms with Crippen molar-refractivity contribution in [3.8, 4) is 0 Å². The largest absolute Gasteiger partial charge is 0.354 e. The van der Waals surface area contributed by atoms with E-state index in [1.54, 1.807) is 0 Å². The van der Waals surface area contributed by atoms with Crippen LogP contribution in [-0.4, -0.2) is 58.2 Å². The van der Waals surface area contributed by atoms with Gasteiger partial charge < -0.3 is 10.6 Å². The average Bonchev–Trinajstić information content (AvgIpc) is 3.05. The van der Waals surface area contributed by atoms with Gasteiger partial charge in [0, 0.05) is 18.3 Å². The Balaban J connectivity index is 1.54. The van der Waals surface area contributed by atoms with Crippen LogP contribution in [-0.2, 0) is 16.1 Å². The van der Waals surface area contributed by atoms with Gasteiger partial charge in [-0.05, 0) is 58.6 Å². The van der Waals surface area contributed by atoms with Gasteiger partial charge in [0.25, 0.3) is 0 Å². The molecule has 0 aliphatic carbocycles. The third kappa shape index (κ3) is 4.60. The van der Waals surface area contributed by atoms with Crippen molar-refractivity contribution < 1.29 is 9.59 Å². The van der Waals surface area contributed by atoms with Gasteiger partial charge in [0.15, 0.2) is 0 Å². The van der Waals surface area contributed by atoms with Crippen LogP contribution < -0.4 is 10.6 Å². The van der Waals surface area contributed by atoms with Crippen molar-refractivity contribution in [2.24, 2.45) is 0 Å². The fourth-order valence-corrected chi connectivity index (χ4v) is 3.87. The van der Waals surface area contributed by atoms with E-state index >= 15 is 0 Å². The summed E-state index contributed by atoms with van der Waals surface area (Å²) in [6.45, 7) is 6.87. The molecule has 2 N–H and O–H groups in total. The lowest BCUT2D eigenvalue weighted by Crippen LogP contribution is -2.49. The van der Waals surface area contributed by atoms with Crippen LogP contribution in [0.1, 0.15) is 43.5 Å². The maximum absolute atomic E-state index is 12.4. The first-order chi connectivity index (χ1) is 12.0. The van der Waals surface area contributed by atoms with E-state index in [-0.39, 0.29) is 17.9 Å². The van der Waals surface area contributed by atoms with Crippen LogP contribution in [0, 0.1) is 13.8 Å². The zero-order valence-corrected chi connectivity index (χ0v) is 15.3. The van der Waals surface area contributed by atoms with Gasteiger partial charge in [-0.1, -0.05) is 0 Å². The number of nitrogens with zero attached hydrogens (tertiary/aromatic N) is 3. The van der Waals surface area contributed by atoms with Crippen molar-refractivity contribution in [1.29, 1.82) is 0 Å². The average molecular weight is 347 g/mol. The van der Waals surface area contributed by atoms with E-state index in [0.717, 1.165) is 56.6 Å². The topological polar surface area (TPSA) is 79.3 Å². The summed E-state index contributed by atoms with van der Waals surface area (Å²) in [5, 5.41) is 10.3. The first kappa shape index (κ1) is 17.9. The number of aromatic nitrogens is 2. The van der Waals surface area contributed by atoms with Crippen LogP contribution in [0.2, 0.25) is 0 Å². The summed E-state index contributed by atoms with van der Waals surface area (Å²) in [7, 11) is 0. The van der Waals surface area contributed by atoms with E-state index in [0.29, 0.717) is 19.1 Å². The Hall–Kier alpha value is -1.89. The molecule has 0 aromatic carbocycles. The molecule has 2 aliphatic rings. The van der Waals surface area contributed by atoms with Gasteiger partial charge in [-0.15, -0.1) is 0 Å². The van der Waals surface area contributed by atoms with Crippen molar-refractivity contribution in [3.63, 3.8) is 0 Å². The van der Waals surface area contributed by atoms with Crippen LogP contribution in [0.3, 0.4) is 0 Å². The second kappa shape index (κ2) is 7.99. The van der Waals surface area contributed by atoms with E-state index in [4.69, 9.17) is 0 Å². The molecule has 2 fully saturated rings. The smallest absolute Gasteiger partial charge is 0.242 e. The van der Waals surface area contributed by atoms with Gasteiger partial charge in [0.05, 0.1) is 18.8 Å². The number of carbonyl (C=O) groups excluding carboxylic acids is 2. The summed E-state index contributed by atoms with van der Waals surface area (Å²) >= 11 is 0. The first-order valence-electron chi connectivity index (χ1n) is 9.35. The van der Waals surface area contributed by atoms with Crippen LogP contribution in [0.25, 0.3) is 0 Å². The molecular weight excluding hydrogens is 318 g/mol. The molecule has 138 valence electrons. The molecule has 0 spiro atoms. The Kier molecular flexibility index (Phi) is 5.73. The summed E-state index contributed by atoms with van der Waals surface area (Å²) in [5.41, 5.74) is 2.18. The lowest BCUT2D eigenvalue weighted by Gasteiger charge is -2.25. The molecule has 25 heavy (non-hydrogen) atoms. The number of rotatable bonds is 5. The lowest BCUT2D eigenvalue weighted by molar-refractivity contribution is -0.129. The Morgan fingerprint density at radius 3 is 2.92 bits per heavy atom. The van der Waals surface area contributed by atoms with Crippen molar-refractivity contribution in [2.75, 3.05) is 19.6 Å². The van der Waals surface area contributed by atoms with Crippen LogP contribution in [0.5, 0.6) is 0 Å². The molecule has 0 bridgehead atoms. The quantitative estimate of drug-likeness (QED) is 0.824. The molecule has 2 aliphatic heterocycles. The fourth-order valence-electron chi connectivity index (χ4n) is 3.87. The Labute approximate surface area is 149 Å². The zero-order chi connectivity index (χ0) is 17.8. The predicted octanol–water partition coefficient (Wildman–Crippen LogP) is 0.749. The summed E-state index contributed by atoms with van der Waals surface area (Å²) < 4.78 is 2.04. The highest BCUT2D eigenvalue weighted by molar-refractivity contribution is 5.88. The normalized spacial score (nSPS) is 24.8. The number of amides is 2. The molecule has 2 saturated heterocycles. The van der Waals surface area contributed by atoms with Crippen molar-refractivity contribution in [1.82, 2.24) is 25.3 Å².